The topological polar surface area (TPSA) is 30.4 Å². The highest BCUT2D eigenvalue weighted by Gasteiger charge is 2.03. The van der Waals surface area contributed by atoms with Crippen molar-refractivity contribution in [2.75, 3.05) is 0 Å². The van der Waals surface area contributed by atoms with Crippen molar-refractivity contribution in [1.82, 2.24) is 9.38 Å². The van der Waals surface area contributed by atoms with Crippen molar-refractivity contribution in [2.24, 2.45) is 0 Å². The van der Waals surface area contributed by atoms with Crippen LogP contribution in [0.15, 0.2) is 17.0 Å². The van der Waals surface area contributed by atoms with Crippen LogP contribution < -0.4 is 0 Å². The number of rotatable bonds is 0. The molecule has 0 radical (unpaired) electrons. The van der Waals surface area contributed by atoms with E-state index in [0.29, 0.717) is 0 Å². The molecule has 0 aliphatic heterocycles. The van der Waals surface area contributed by atoms with E-state index in [1.54, 1.807) is 12.6 Å². The maximum atomic E-state index is 5.22. The van der Waals surface area contributed by atoms with Crippen molar-refractivity contribution in [3.05, 3.63) is 24.0 Å². The van der Waals surface area contributed by atoms with E-state index in [1.165, 1.54) is 0 Å². The Labute approximate surface area is 58.3 Å². The predicted octanol–water partition coefficient (Wildman–Crippen LogP) is 1.54. The van der Waals surface area contributed by atoms with Crippen molar-refractivity contribution in [2.45, 2.75) is 13.8 Å². The molecule has 0 fully saturated rings. The fourth-order valence-corrected chi connectivity index (χ4v) is 1.02. The Hall–Kier alpha value is -1.25. The molecule has 2 heterocycles. The molecule has 10 heavy (non-hydrogen) atoms. The lowest BCUT2D eigenvalue weighted by molar-refractivity contribution is 0.604. The molecule has 0 saturated heterocycles. The number of imidazole rings is 1. The third-order valence-corrected chi connectivity index (χ3v) is 1.62. The molecule has 0 aromatic carbocycles. The van der Waals surface area contributed by atoms with Gasteiger partial charge in [0.2, 0.25) is 5.71 Å². The SMILES string of the molecule is Cc1ncn2c(C)coc12. The first-order valence-electron chi connectivity index (χ1n) is 3.17. The molecular formula is C7H8N2O. The number of hydrogen-bond donors (Lipinski definition) is 0. The van der Waals surface area contributed by atoms with E-state index < -0.39 is 0 Å². The van der Waals surface area contributed by atoms with Gasteiger partial charge in [0.15, 0.2) is 0 Å². The summed E-state index contributed by atoms with van der Waals surface area (Å²) < 4.78 is 7.15. The second-order valence-electron chi connectivity index (χ2n) is 2.38. The first-order valence-corrected chi connectivity index (χ1v) is 3.17. The summed E-state index contributed by atoms with van der Waals surface area (Å²) in [5.41, 5.74) is 2.86. The van der Waals surface area contributed by atoms with E-state index in [4.69, 9.17) is 4.42 Å². The summed E-state index contributed by atoms with van der Waals surface area (Å²) in [6.07, 6.45) is 3.49. The van der Waals surface area contributed by atoms with Crippen LogP contribution in [0.4, 0.5) is 0 Å². The molecule has 3 nitrogen and oxygen atoms in total. The molecule has 0 bridgehead atoms. The van der Waals surface area contributed by atoms with Crippen molar-refractivity contribution in [3.8, 4) is 0 Å². The Morgan fingerprint density at radius 2 is 2.30 bits per heavy atom. The lowest BCUT2D eigenvalue weighted by atomic mass is 10.5. The predicted molar refractivity (Wildman–Crippen MR) is 36.9 cm³/mol. The summed E-state index contributed by atoms with van der Waals surface area (Å²) in [7, 11) is 0. The fraction of sp³-hybridized carbons (Fsp3) is 0.286. The van der Waals surface area contributed by atoms with E-state index in [1.807, 2.05) is 18.2 Å². The van der Waals surface area contributed by atoms with Gasteiger partial charge in [0, 0.05) is 0 Å². The standard InChI is InChI=1S/C7H8N2O/c1-5-3-10-7-6(2)8-4-9(5)7/h3-4H,1-2H3. The molecule has 0 atom stereocenters. The average Bonchev–Trinajstić information content (AvgIpc) is 2.41. The minimum absolute atomic E-state index is 0.845. The van der Waals surface area contributed by atoms with E-state index in [0.717, 1.165) is 17.1 Å². The molecule has 0 unspecified atom stereocenters. The van der Waals surface area contributed by atoms with Crippen LogP contribution in [0.3, 0.4) is 0 Å². The maximum absolute atomic E-state index is 5.22. The zero-order valence-electron chi connectivity index (χ0n) is 5.96. The molecule has 0 aliphatic rings. The average molecular weight is 136 g/mol. The molecule has 0 N–H and O–H groups in total. The summed E-state index contributed by atoms with van der Waals surface area (Å²) in [6, 6.07) is 0. The molecule has 0 saturated carbocycles. The van der Waals surface area contributed by atoms with Gasteiger partial charge < -0.3 is 4.42 Å². The minimum Gasteiger partial charge on any atom is -0.444 e. The summed E-state index contributed by atoms with van der Waals surface area (Å²) >= 11 is 0. The highest BCUT2D eigenvalue weighted by molar-refractivity contribution is 5.40. The Kier molecular flexibility index (Phi) is 0.897. The van der Waals surface area contributed by atoms with Crippen molar-refractivity contribution < 1.29 is 4.42 Å². The van der Waals surface area contributed by atoms with Gasteiger partial charge >= 0.3 is 0 Å². The van der Waals surface area contributed by atoms with E-state index >= 15 is 0 Å². The van der Waals surface area contributed by atoms with Crippen LogP contribution in [0.1, 0.15) is 11.4 Å². The van der Waals surface area contributed by atoms with Gasteiger partial charge in [-0.3, -0.25) is 4.40 Å². The third-order valence-electron chi connectivity index (χ3n) is 1.62. The van der Waals surface area contributed by atoms with Gasteiger partial charge in [-0.05, 0) is 13.8 Å². The summed E-state index contributed by atoms with van der Waals surface area (Å²) in [5.74, 6) is 0. The van der Waals surface area contributed by atoms with Gasteiger partial charge in [-0.25, -0.2) is 4.98 Å². The molecule has 3 heteroatoms. The van der Waals surface area contributed by atoms with Crippen molar-refractivity contribution >= 4 is 5.71 Å². The Morgan fingerprint density at radius 1 is 1.50 bits per heavy atom. The highest BCUT2D eigenvalue weighted by atomic mass is 16.3. The van der Waals surface area contributed by atoms with Crippen molar-refractivity contribution in [1.29, 1.82) is 0 Å². The Morgan fingerprint density at radius 3 is 3.00 bits per heavy atom. The summed E-state index contributed by atoms with van der Waals surface area (Å²) in [5, 5.41) is 0. The smallest absolute Gasteiger partial charge is 0.226 e. The zero-order chi connectivity index (χ0) is 7.14. The Bertz CT molecular complexity index is 322. The van der Waals surface area contributed by atoms with E-state index in [-0.39, 0.29) is 0 Å². The minimum atomic E-state index is 0.845. The maximum Gasteiger partial charge on any atom is 0.226 e. The number of nitrogens with zero attached hydrogens (tertiary/aromatic N) is 2. The van der Waals surface area contributed by atoms with Gasteiger partial charge in [0.25, 0.3) is 0 Å². The number of oxazole rings is 1. The lowest BCUT2D eigenvalue weighted by Gasteiger charge is -1.80. The van der Waals surface area contributed by atoms with E-state index in [9.17, 15) is 0 Å². The van der Waals surface area contributed by atoms with Crippen LogP contribution in [-0.4, -0.2) is 9.38 Å². The molecular weight excluding hydrogens is 128 g/mol. The normalized spacial score (nSPS) is 11.0. The third kappa shape index (κ3) is 0.518. The molecule has 0 amide bonds. The van der Waals surface area contributed by atoms with Crippen LogP contribution in [-0.2, 0) is 0 Å². The molecule has 2 aromatic rings. The molecule has 0 aliphatic carbocycles. The molecule has 52 valence electrons. The first kappa shape index (κ1) is 5.53. The lowest BCUT2D eigenvalue weighted by Crippen LogP contribution is -1.77. The summed E-state index contributed by atoms with van der Waals surface area (Å²) in [4.78, 5) is 4.09. The number of fused-ring (bicyclic) bond motifs is 1. The Balaban J connectivity index is 2.95. The quantitative estimate of drug-likeness (QED) is 0.550. The van der Waals surface area contributed by atoms with Crippen LogP contribution >= 0.6 is 0 Å². The van der Waals surface area contributed by atoms with Crippen molar-refractivity contribution in [3.63, 3.8) is 0 Å². The zero-order valence-corrected chi connectivity index (χ0v) is 5.96. The van der Waals surface area contributed by atoms with Gasteiger partial charge in [0.05, 0.1) is 5.69 Å². The van der Waals surface area contributed by atoms with Crippen LogP contribution in [0.25, 0.3) is 5.71 Å². The molecule has 2 aromatic heterocycles. The fourth-order valence-electron chi connectivity index (χ4n) is 1.02. The van der Waals surface area contributed by atoms with E-state index in [2.05, 4.69) is 4.98 Å². The van der Waals surface area contributed by atoms with Gasteiger partial charge in [0.1, 0.15) is 18.3 Å². The summed E-state index contributed by atoms with van der Waals surface area (Å²) in [6.45, 7) is 3.91. The highest BCUT2D eigenvalue weighted by Crippen LogP contribution is 2.11. The van der Waals surface area contributed by atoms with Gasteiger partial charge in [-0.1, -0.05) is 0 Å². The monoisotopic (exact) mass is 136 g/mol. The number of aryl methyl sites for hydroxylation is 2. The molecule has 0 spiro atoms. The van der Waals surface area contributed by atoms with Crippen LogP contribution in [0.2, 0.25) is 0 Å². The largest absolute Gasteiger partial charge is 0.444 e. The van der Waals surface area contributed by atoms with Crippen LogP contribution in [0, 0.1) is 13.8 Å². The van der Waals surface area contributed by atoms with Crippen LogP contribution in [0.5, 0.6) is 0 Å². The second-order valence-corrected chi connectivity index (χ2v) is 2.38. The molecule has 2 rings (SSSR count). The second kappa shape index (κ2) is 1.62. The van der Waals surface area contributed by atoms with Gasteiger partial charge in [-0.2, -0.15) is 0 Å². The number of aromatic nitrogens is 2. The number of hydrogen-bond acceptors (Lipinski definition) is 2. The first-order chi connectivity index (χ1) is 4.79. The van der Waals surface area contributed by atoms with Gasteiger partial charge in [-0.15, -0.1) is 0 Å².